The Bertz CT molecular complexity index is 454. The summed E-state index contributed by atoms with van der Waals surface area (Å²) in [7, 11) is 1.81. The minimum Gasteiger partial charge on any atom is -0.382 e. The van der Waals surface area contributed by atoms with E-state index < -0.39 is 0 Å². The van der Waals surface area contributed by atoms with Crippen molar-refractivity contribution in [3.8, 4) is 0 Å². The number of nitrogens with one attached hydrogen (secondary N) is 2. The minimum absolute atomic E-state index is 0.465. The van der Waals surface area contributed by atoms with Gasteiger partial charge in [0.15, 0.2) is 5.96 Å². The number of unbranched alkanes of at least 4 members (excludes halogenated alkanes) is 1. The summed E-state index contributed by atoms with van der Waals surface area (Å²) < 4.78 is 6.44. The molecule has 0 radical (unpaired) electrons. The van der Waals surface area contributed by atoms with Gasteiger partial charge in [-0.15, -0.1) is 11.8 Å². The maximum atomic E-state index is 5.33. The molecule has 0 amide bonds. The second-order valence-electron chi connectivity index (χ2n) is 5.17. The van der Waals surface area contributed by atoms with Gasteiger partial charge in [-0.25, -0.2) is 0 Å². The molecule has 0 heterocycles. The second kappa shape index (κ2) is 12.7. The quantitative estimate of drug-likeness (QED) is 0.270. The number of thioether (sulfide) groups is 1. The normalized spacial score (nSPS) is 13.0. The van der Waals surface area contributed by atoms with Crippen molar-refractivity contribution in [1.29, 1.82) is 0 Å². The van der Waals surface area contributed by atoms with Crippen molar-refractivity contribution in [2.45, 2.75) is 36.8 Å². The van der Waals surface area contributed by atoms with Crippen molar-refractivity contribution < 1.29 is 4.74 Å². The Morgan fingerprint density at radius 2 is 2.00 bits per heavy atom. The van der Waals surface area contributed by atoms with E-state index in [-0.39, 0.29) is 0 Å². The summed E-state index contributed by atoms with van der Waals surface area (Å²) in [4.78, 5) is 5.54. The predicted octanol–water partition coefficient (Wildman–Crippen LogP) is 3.91. The van der Waals surface area contributed by atoms with Crippen LogP contribution in [0, 0.1) is 0 Å². The molecule has 0 saturated carbocycles. The minimum atomic E-state index is 0.465. The molecule has 1 atom stereocenters. The fraction of sp³-hybridized carbons (Fsp3) is 0.588. The first-order valence-corrected chi connectivity index (χ1v) is 9.77. The number of hydrogen-bond acceptors (Lipinski definition) is 3. The van der Waals surface area contributed by atoms with Crippen LogP contribution in [0.1, 0.15) is 26.7 Å². The molecule has 0 aliphatic carbocycles. The smallest absolute Gasteiger partial charge is 0.191 e. The van der Waals surface area contributed by atoms with Crippen LogP contribution in [0.2, 0.25) is 0 Å². The van der Waals surface area contributed by atoms with Crippen LogP contribution in [-0.4, -0.2) is 44.6 Å². The number of aliphatic imine (C=N–C) groups is 1. The maximum Gasteiger partial charge on any atom is 0.191 e. The number of hydrogen-bond donors (Lipinski definition) is 2. The number of benzene rings is 1. The molecule has 0 aliphatic rings. The van der Waals surface area contributed by atoms with E-state index >= 15 is 0 Å². The monoisotopic (exact) mass is 401 g/mol. The van der Waals surface area contributed by atoms with Crippen LogP contribution in [0.4, 0.5) is 0 Å². The van der Waals surface area contributed by atoms with Gasteiger partial charge in [-0.3, -0.25) is 4.99 Å². The Morgan fingerprint density at radius 1 is 1.26 bits per heavy atom. The molecule has 0 aromatic heterocycles. The first kappa shape index (κ1) is 20.3. The first-order chi connectivity index (χ1) is 11.2. The zero-order chi connectivity index (χ0) is 16.9. The standard InChI is InChI=1S/C17H28BrN3OS/c1-4-22-12-6-5-11-20-17(19-3)21-13-14(2)23-16-9-7-15(18)8-10-16/h7-10,14H,4-6,11-13H2,1-3H3,(H2,19,20,21). The number of rotatable bonds is 10. The molecule has 1 unspecified atom stereocenters. The van der Waals surface area contributed by atoms with Crippen molar-refractivity contribution in [2.75, 3.05) is 33.4 Å². The lowest BCUT2D eigenvalue weighted by atomic mass is 10.3. The number of halogens is 1. The molecular formula is C17H28BrN3OS. The van der Waals surface area contributed by atoms with E-state index in [1.165, 1.54) is 4.90 Å². The van der Waals surface area contributed by atoms with E-state index in [0.29, 0.717) is 5.25 Å². The highest BCUT2D eigenvalue weighted by atomic mass is 79.9. The Kier molecular flexibility index (Phi) is 11.2. The van der Waals surface area contributed by atoms with Crippen LogP contribution in [0.25, 0.3) is 0 Å². The highest BCUT2D eigenvalue weighted by Crippen LogP contribution is 2.24. The lowest BCUT2D eigenvalue weighted by Crippen LogP contribution is -2.40. The third-order valence-electron chi connectivity index (χ3n) is 3.14. The van der Waals surface area contributed by atoms with Gasteiger partial charge in [-0.2, -0.15) is 0 Å². The molecule has 6 heteroatoms. The molecule has 0 saturated heterocycles. The molecule has 2 N–H and O–H groups in total. The van der Waals surface area contributed by atoms with E-state index in [2.05, 4.69) is 62.7 Å². The zero-order valence-corrected chi connectivity index (χ0v) is 16.7. The highest BCUT2D eigenvalue weighted by Gasteiger charge is 2.06. The second-order valence-corrected chi connectivity index (χ2v) is 7.59. The van der Waals surface area contributed by atoms with Crippen molar-refractivity contribution in [3.05, 3.63) is 28.7 Å². The van der Waals surface area contributed by atoms with E-state index in [0.717, 1.165) is 49.6 Å². The first-order valence-electron chi connectivity index (χ1n) is 8.10. The SMILES string of the molecule is CCOCCCCNC(=NC)NCC(C)Sc1ccc(Br)cc1. The third kappa shape index (κ3) is 9.89. The van der Waals surface area contributed by atoms with Crippen molar-refractivity contribution >= 4 is 33.7 Å². The molecule has 1 aromatic carbocycles. The van der Waals surface area contributed by atoms with Crippen LogP contribution in [0.15, 0.2) is 38.6 Å². The Morgan fingerprint density at radius 3 is 2.65 bits per heavy atom. The zero-order valence-electron chi connectivity index (χ0n) is 14.3. The lowest BCUT2D eigenvalue weighted by molar-refractivity contribution is 0.143. The lowest BCUT2D eigenvalue weighted by Gasteiger charge is -2.16. The number of ether oxygens (including phenoxy) is 1. The Hall–Kier alpha value is -0.720. The molecule has 1 aromatic rings. The van der Waals surface area contributed by atoms with Crippen LogP contribution in [-0.2, 0) is 4.74 Å². The van der Waals surface area contributed by atoms with Gasteiger partial charge in [-0.1, -0.05) is 22.9 Å². The fourth-order valence-electron chi connectivity index (χ4n) is 1.93. The number of guanidine groups is 1. The van der Waals surface area contributed by atoms with E-state index in [4.69, 9.17) is 4.74 Å². The summed E-state index contributed by atoms with van der Waals surface area (Å²) in [6.07, 6.45) is 2.16. The summed E-state index contributed by atoms with van der Waals surface area (Å²) in [6.45, 7) is 7.67. The van der Waals surface area contributed by atoms with Crippen LogP contribution in [0.5, 0.6) is 0 Å². The molecule has 23 heavy (non-hydrogen) atoms. The predicted molar refractivity (Wildman–Crippen MR) is 105 cm³/mol. The highest BCUT2D eigenvalue weighted by molar-refractivity contribution is 9.10. The van der Waals surface area contributed by atoms with Crippen molar-refractivity contribution in [2.24, 2.45) is 4.99 Å². The van der Waals surface area contributed by atoms with Crippen LogP contribution < -0.4 is 10.6 Å². The molecule has 0 spiro atoms. The van der Waals surface area contributed by atoms with Gasteiger partial charge in [0.1, 0.15) is 0 Å². The van der Waals surface area contributed by atoms with Crippen molar-refractivity contribution in [1.82, 2.24) is 10.6 Å². The Balaban J connectivity index is 2.19. The molecule has 0 aliphatic heterocycles. The Labute approximate surface area is 153 Å². The molecule has 0 fully saturated rings. The van der Waals surface area contributed by atoms with Gasteiger partial charge in [0.25, 0.3) is 0 Å². The van der Waals surface area contributed by atoms with Gasteiger partial charge >= 0.3 is 0 Å². The van der Waals surface area contributed by atoms with Gasteiger partial charge in [0, 0.05) is 48.0 Å². The molecular weight excluding hydrogens is 374 g/mol. The average molecular weight is 402 g/mol. The third-order valence-corrected chi connectivity index (χ3v) is 4.79. The van der Waals surface area contributed by atoms with E-state index in [1.54, 1.807) is 0 Å². The molecule has 130 valence electrons. The van der Waals surface area contributed by atoms with Gasteiger partial charge in [0.2, 0.25) is 0 Å². The summed E-state index contributed by atoms with van der Waals surface area (Å²) >= 11 is 5.32. The maximum absolute atomic E-state index is 5.33. The largest absolute Gasteiger partial charge is 0.382 e. The summed E-state index contributed by atoms with van der Waals surface area (Å²) in [5.74, 6) is 0.865. The number of nitrogens with zero attached hydrogens (tertiary/aromatic N) is 1. The summed E-state index contributed by atoms with van der Waals surface area (Å²) in [5.41, 5.74) is 0. The average Bonchev–Trinajstić information content (AvgIpc) is 2.55. The molecule has 1 rings (SSSR count). The molecule has 4 nitrogen and oxygen atoms in total. The summed E-state index contributed by atoms with van der Waals surface area (Å²) in [6, 6.07) is 8.42. The van der Waals surface area contributed by atoms with Gasteiger partial charge in [-0.05, 0) is 44.0 Å². The summed E-state index contributed by atoms with van der Waals surface area (Å²) in [5, 5.41) is 7.19. The molecule has 0 bridgehead atoms. The van der Waals surface area contributed by atoms with Gasteiger partial charge < -0.3 is 15.4 Å². The van der Waals surface area contributed by atoms with Crippen molar-refractivity contribution in [3.63, 3.8) is 0 Å². The van der Waals surface area contributed by atoms with E-state index in [1.807, 2.05) is 25.7 Å². The van der Waals surface area contributed by atoms with Gasteiger partial charge in [0.05, 0.1) is 0 Å². The van der Waals surface area contributed by atoms with Crippen LogP contribution in [0.3, 0.4) is 0 Å². The fourth-order valence-corrected chi connectivity index (χ4v) is 3.12. The van der Waals surface area contributed by atoms with Crippen LogP contribution >= 0.6 is 27.7 Å². The topological polar surface area (TPSA) is 45.6 Å². The van der Waals surface area contributed by atoms with E-state index in [9.17, 15) is 0 Å².